The second-order valence-corrected chi connectivity index (χ2v) is 5.57. The lowest BCUT2D eigenvalue weighted by Gasteiger charge is -2.09. The Morgan fingerprint density at radius 3 is 2.73 bits per heavy atom. The fourth-order valence-electron chi connectivity index (χ4n) is 2.61. The number of aromatic nitrogens is 2. The van der Waals surface area contributed by atoms with Crippen LogP contribution >= 0.6 is 11.6 Å². The summed E-state index contributed by atoms with van der Waals surface area (Å²) in [7, 11) is 0. The van der Waals surface area contributed by atoms with Crippen molar-refractivity contribution >= 4 is 22.6 Å². The average Bonchev–Trinajstić information content (AvgIpc) is 2.90. The van der Waals surface area contributed by atoms with Crippen LogP contribution in [0.5, 0.6) is 0 Å². The van der Waals surface area contributed by atoms with Crippen molar-refractivity contribution in [2.24, 2.45) is 0 Å². The average molecular weight is 315 g/mol. The lowest BCUT2D eigenvalue weighted by atomic mass is 10.2. The molecule has 0 saturated carbocycles. The SMILES string of the molecule is CCOCCCn1c(-c2ccccc2)nc2cc(Cl)ccc21. The van der Waals surface area contributed by atoms with Crippen LogP contribution in [0.25, 0.3) is 22.4 Å². The van der Waals surface area contributed by atoms with E-state index in [2.05, 4.69) is 16.7 Å². The van der Waals surface area contributed by atoms with Gasteiger partial charge in [0.1, 0.15) is 5.82 Å². The highest BCUT2D eigenvalue weighted by atomic mass is 35.5. The highest BCUT2D eigenvalue weighted by Gasteiger charge is 2.12. The van der Waals surface area contributed by atoms with E-state index in [1.54, 1.807) is 0 Å². The molecule has 114 valence electrons. The maximum absolute atomic E-state index is 6.10. The number of halogens is 1. The van der Waals surface area contributed by atoms with Crippen molar-refractivity contribution in [2.75, 3.05) is 13.2 Å². The van der Waals surface area contributed by atoms with Crippen LogP contribution in [0.4, 0.5) is 0 Å². The van der Waals surface area contributed by atoms with Crippen molar-refractivity contribution in [3.8, 4) is 11.4 Å². The van der Waals surface area contributed by atoms with E-state index >= 15 is 0 Å². The second-order valence-electron chi connectivity index (χ2n) is 5.14. The van der Waals surface area contributed by atoms with E-state index < -0.39 is 0 Å². The number of nitrogens with zero attached hydrogens (tertiary/aromatic N) is 2. The van der Waals surface area contributed by atoms with Gasteiger partial charge in [-0.1, -0.05) is 41.9 Å². The number of hydrogen-bond acceptors (Lipinski definition) is 2. The summed E-state index contributed by atoms with van der Waals surface area (Å²) in [6.07, 6.45) is 0.960. The third-order valence-electron chi connectivity index (χ3n) is 3.62. The van der Waals surface area contributed by atoms with Crippen molar-refractivity contribution in [1.29, 1.82) is 0 Å². The maximum Gasteiger partial charge on any atom is 0.141 e. The highest BCUT2D eigenvalue weighted by Crippen LogP contribution is 2.27. The lowest BCUT2D eigenvalue weighted by Crippen LogP contribution is -2.04. The highest BCUT2D eigenvalue weighted by molar-refractivity contribution is 6.31. The van der Waals surface area contributed by atoms with E-state index in [0.717, 1.165) is 48.6 Å². The summed E-state index contributed by atoms with van der Waals surface area (Å²) in [5, 5.41) is 0.714. The predicted octanol–water partition coefficient (Wildman–Crippen LogP) is 4.78. The number of hydrogen-bond donors (Lipinski definition) is 0. The molecule has 3 nitrogen and oxygen atoms in total. The van der Waals surface area contributed by atoms with Gasteiger partial charge in [-0.3, -0.25) is 0 Å². The third-order valence-corrected chi connectivity index (χ3v) is 3.85. The van der Waals surface area contributed by atoms with Gasteiger partial charge in [-0.25, -0.2) is 4.98 Å². The summed E-state index contributed by atoms with van der Waals surface area (Å²) < 4.78 is 7.70. The Hall–Kier alpha value is -1.84. The largest absolute Gasteiger partial charge is 0.382 e. The van der Waals surface area contributed by atoms with Gasteiger partial charge in [0.2, 0.25) is 0 Å². The molecular weight excluding hydrogens is 296 g/mol. The predicted molar refractivity (Wildman–Crippen MR) is 91.3 cm³/mol. The Morgan fingerprint density at radius 1 is 1.14 bits per heavy atom. The van der Waals surface area contributed by atoms with Crippen LogP contribution in [0, 0.1) is 0 Å². The molecule has 0 N–H and O–H groups in total. The molecule has 1 heterocycles. The first-order chi connectivity index (χ1) is 10.8. The van der Waals surface area contributed by atoms with Gasteiger partial charge in [-0.05, 0) is 31.5 Å². The van der Waals surface area contributed by atoms with Crippen LogP contribution in [0.3, 0.4) is 0 Å². The van der Waals surface area contributed by atoms with E-state index in [0.29, 0.717) is 5.02 Å². The van der Waals surface area contributed by atoms with E-state index in [9.17, 15) is 0 Å². The van der Waals surface area contributed by atoms with Gasteiger partial charge in [0, 0.05) is 30.3 Å². The quantitative estimate of drug-likeness (QED) is 0.612. The van der Waals surface area contributed by atoms with Gasteiger partial charge in [0.15, 0.2) is 0 Å². The normalized spacial score (nSPS) is 11.2. The summed E-state index contributed by atoms with van der Waals surface area (Å²) >= 11 is 6.10. The minimum atomic E-state index is 0.714. The van der Waals surface area contributed by atoms with Crippen LogP contribution < -0.4 is 0 Å². The minimum absolute atomic E-state index is 0.714. The fourth-order valence-corrected chi connectivity index (χ4v) is 2.77. The number of benzene rings is 2. The number of aryl methyl sites for hydroxylation is 1. The molecule has 0 aliphatic carbocycles. The standard InChI is InChI=1S/C18H19ClN2O/c1-2-22-12-6-11-21-17-10-9-15(19)13-16(17)20-18(21)14-7-4-3-5-8-14/h3-5,7-10,13H,2,6,11-12H2,1H3. The molecule has 22 heavy (non-hydrogen) atoms. The van der Waals surface area contributed by atoms with Gasteiger partial charge in [0.25, 0.3) is 0 Å². The van der Waals surface area contributed by atoms with Gasteiger partial charge >= 0.3 is 0 Å². The molecule has 1 aromatic heterocycles. The van der Waals surface area contributed by atoms with Crippen LogP contribution in [0.2, 0.25) is 5.02 Å². The molecule has 0 fully saturated rings. The van der Waals surface area contributed by atoms with Crippen LogP contribution in [-0.2, 0) is 11.3 Å². The third kappa shape index (κ3) is 3.16. The van der Waals surface area contributed by atoms with Crippen molar-refractivity contribution in [3.05, 3.63) is 53.6 Å². The summed E-state index contributed by atoms with van der Waals surface area (Å²) in [5.74, 6) is 0.981. The topological polar surface area (TPSA) is 27.1 Å². The number of fused-ring (bicyclic) bond motifs is 1. The molecule has 0 aliphatic heterocycles. The minimum Gasteiger partial charge on any atom is -0.382 e. The first-order valence-electron chi connectivity index (χ1n) is 7.58. The summed E-state index contributed by atoms with van der Waals surface area (Å²) in [4.78, 5) is 4.78. The molecule has 3 aromatic rings. The van der Waals surface area contributed by atoms with Gasteiger partial charge in [-0.15, -0.1) is 0 Å². The Kier molecular flexibility index (Phi) is 4.76. The molecule has 0 amide bonds. The van der Waals surface area contributed by atoms with Crippen LogP contribution in [0.15, 0.2) is 48.5 Å². The van der Waals surface area contributed by atoms with E-state index in [-0.39, 0.29) is 0 Å². The molecule has 0 saturated heterocycles. The second kappa shape index (κ2) is 6.95. The maximum atomic E-state index is 6.10. The van der Waals surface area contributed by atoms with Crippen molar-refractivity contribution in [1.82, 2.24) is 9.55 Å². The molecule has 0 atom stereocenters. The number of rotatable bonds is 6. The fraction of sp³-hybridized carbons (Fsp3) is 0.278. The molecule has 4 heteroatoms. The molecule has 0 spiro atoms. The lowest BCUT2D eigenvalue weighted by molar-refractivity contribution is 0.142. The summed E-state index contributed by atoms with van der Waals surface area (Å²) in [5.41, 5.74) is 3.16. The first-order valence-corrected chi connectivity index (χ1v) is 7.96. The summed E-state index contributed by atoms with van der Waals surface area (Å²) in [6, 6.07) is 16.1. The van der Waals surface area contributed by atoms with E-state index in [1.807, 2.05) is 43.3 Å². The van der Waals surface area contributed by atoms with Crippen molar-refractivity contribution in [2.45, 2.75) is 19.9 Å². The van der Waals surface area contributed by atoms with Gasteiger partial charge in [-0.2, -0.15) is 0 Å². The molecular formula is C18H19ClN2O. The Labute approximate surface area is 135 Å². The molecule has 0 aliphatic rings. The smallest absolute Gasteiger partial charge is 0.141 e. The van der Waals surface area contributed by atoms with Gasteiger partial charge in [0.05, 0.1) is 11.0 Å². The molecule has 3 rings (SSSR count). The van der Waals surface area contributed by atoms with Gasteiger partial charge < -0.3 is 9.30 Å². The number of ether oxygens (including phenoxy) is 1. The van der Waals surface area contributed by atoms with E-state index in [1.165, 1.54) is 0 Å². The van der Waals surface area contributed by atoms with Crippen LogP contribution in [0.1, 0.15) is 13.3 Å². The zero-order chi connectivity index (χ0) is 15.4. The molecule has 0 unspecified atom stereocenters. The Balaban J connectivity index is 2.01. The molecule has 2 aromatic carbocycles. The monoisotopic (exact) mass is 314 g/mol. The Bertz CT molecular complexity index is 752. The zero-order valence-electron chi connectivity index (χ0n) is 12.6. The zero-order valence-corrected chi connectivity index (χ0v) is 13.4. The Morgan fingerprint density at radius 2 is 1.95 bits per heavy atom. The van der Waals surface area contributed by atoms with Crippen LogP contribution in [-0.4, -0.2) is 22.8 Å². The first kappa shape index (κ1) is 15.1. The van der Waals surface area contributed by atoms with Crippen molar-refractivity contribution < 1.29 is 4.74 Å². The molecule has 0 radical (unpaired) electrons. The summed E-state index contributed by atoms with van der Waals surface area (Å²) in [6.45, 7) is 4.41. The van der Waals surface area contributed by atoms with Crippen molar-refractivity contribution in [3.63, 3.8) is 0 Å². The van der Waals surface area contributed by atoms with E-state index in [4.69, 9.17) is 21.3 Å². The number of imidazole rings is 1. The molecule has 0 bridgehead atoms.